The highest BCUT2D eigenvalue weighted by Crippen LogP contribution is 2.41. The van der Waals surface area contributed by atoms with Gasteiger partial charge in [-0.1, -0.05) is 36.4 Å². The molecular formula is C18H18O7. The summed E-state index contributed by atoms with van der Waals surface area (Å²) in [5.74, 6) is -3.40. The van der Waals surface area contributed by atoms with Gasteiger partial charge in [-0.3, -0.25) is 4.79 Å². The second-order valence-corrected chi connectivity index (χ2v) is 5.10. The Balaban J connectivity index is 2.50. The lowest BCUT2D eigenvalue weighted by Crippen LogP contribution is -2.44. The Hall–Kier alpha value is -3.06. The molecule has 0 saturated heterocycles. The molecule has 0 aromatic heterocycles. The number of benzene rings is 1. The fourth-order valence-electron chi connectivity index (χ4n) is 2.56. The van der Waals surface area contributed by atoms with Gasteiger partial charge in [-0.05, 0) is 11.6 Å². The zero-order valence-electron chi connectivity index (χ0n) is 14.0. The van der Waals surface area contributed by atoms with Gasteiger partial charge in [0, 0.05) is 0 Å². The SMILES string of the molecule is COC(=O)[C@@]1(O)C(OC)=C(OC)C(O)=C1C(=O)/C=C/c1ccccc1. The van der Waals surface area contributed by atoms with Crippen LogP contribution in [0.4, 0.5) is 0 Å². The predicted molar refractivity (Wildman–Crippen MR) is 88.1 cm³/mol. The highest BCUT2D eigenvalue weighted by molar-refractivity contribution is 6.14. The van der Waals surface area contributed by atoms with Gasteiger partial charge in [-0.25, -0.2) is 4.79 Å². The molecule has 0 unspecified atom stereocenters. The van der Waals surface area contributed by atoms with E-state index in [0.29, 0.717) is 0 Å². The third kappa shape index (κ3) is 3.01. The number of rotatable bonds is 6. The second-order valence-electron chi connectivity index (χ2n) is 5.10. The van der Waals surface area contributed by atoms with E-state index in [9.17, 15) is 19.8 Å². The van der Waals surface area contributed by atoms with Crippen LogP contribution in [-0.2, 0) is 23.8 Å². The predicted octanol–water partition coefficient (Wildman–Crippen LogP) is 1.50. The van der Waals surface area contributed by atoms with Crippen molar-refractivity contribution in [2.45, 2.75) is 5.60 Å². The fourth-order valence-corrected chi connectivity index (χ4v) is 2.56. The van der Waals surface area contributed by atoms with Gasteiger partial charge in [0.2, 0.25) is 5.76 Å². The van der Waals surface area contributed by atoms with E-state index in [0.717, 1.165) is 18.7 Å². The van der Waals surface area contributed by atoms with Gasteiger partial charge in [-0.2, -0.15) is 0 Å². The Morgan fingerprint density at radius 2 is 1.72 bits per heavy atom. The molecule has 0 amide bonds. The van der Waals surface area contributed by atoms with Crippen molar-refractivity contribution in [1.29, 1.82) is 0 Å². The van der Waals surface area contributed by atoms with E-state index in [1.165, 1.54) is 20.3 Å². The zero-order chi connectivity index (χ0) is 18.6. The van der Waals surface area contributed by atoms with E-state index in [1.807, 2.05) is 6.07 Å². The number of aliphatic hydroxyl groups excluding tert-OH is 1. The van der Waals surface area contributed by atoms with E-state index in [4.69, 9.17) is 9.47 Å². The van der Waals surface area contributed by atoms with Crippen LogP contribution in [-0.4, -0.2) is 48.9 Å². The number of carbonyl (C=O) groups is 2. The third-order valence-corrected chi connectivity index (χ3v) is 3.71. The van der Waals surface area contributed by atoms with Crippen molar-refractivity contribution in [1.82, 2.24) is 0 Å². The molecule has 2 rings (SSSR count). The van der Waals surface area contributed by atoms with Crippen LogP contribution >= 0.6 is 0 Å². The molecule has 0 radical (unpaired) electrons. The number of ketones is 1. The molecule has 1 aromatic rings. The van der Waals surface area contributed by atoms with E-state index < -0.39 is 34.4 Å². The number of ether oxygens (including phenoxy) is 3. The maximum Gasteiger partial charge on any atom is 0.351 e. The van der Waals surface area contributed by atoms with Crippen LogP contribution in [0.25, 0.3) is 6.08 Å². The van der Waals surface area contributed by atoms with E-state index in [2.05, 4.69) is 4.74 Å². The number of methoxy groups -OCH3 is 3. The normalized spacial score (nSPS) is 20.2. The summed E-state index contributed by atoms with van der Waals surface area (Å²) >= 11 is 0. The summed E-state index contributed by atoms with van der Waals surface area (Å²) in [5, 5.41) is 21.1. The number of hydrogen-bond acceptors (Lipinski definition) is 7. The Kier molecular flexibility index (Phi) is 5.29. The number of esters is 1. The number of carbonyl (C=O) groups excluding carboxylic acids is 2. The van der Waals surface area contributed by atoms with Crippen LogP contribution in [0.3, 0.4) is 0 Å². The van der Waals surface area contributed by atoms with Crippen LogP contribution in [0.15, 0.2) is 59.3 Å². The van der Waals surface area contributed by atoms with Crippen LogP contribution < -0.4 is 0 Å². The van der Waals surface area contributed by atoms with Gasteiger partial charge in [0.25, 0.3) is 5.60 Å². The second kappa shape index (κ2) is 7.23. The average Bonchev–Trinajstić information content (AvgIpc) is 2.86. The summed E-state index contributed by atoms with van der Waals surface area (Å²) in [5.41, 5.74) is -2.47. The number of allylic oxidation sites excluding steroid dienone is 1. The van der Waals surface area contributed by atoms with Crippen molar-refractivity contribution >= 4 is 17.8 Å². The molecule has 132 valence electrons. The minimum Gasteiger partial charge on any atom is -0.504 e. The Bertz CT molecular complexity index is 774. The van der Waals surface area contributed by atoms with Crippen LogP contribution in [0.2, 0.25) is 0 Å². The molecule has 0 fully saturated rings. The van der Waals surface area contributed by atoms with Crippen molar-refractivity contribution in [2.24, 2.45) is 0 Å². The van der Waals surface area contributed by atoms with Crippen molar-refractivity contribution in [2.75, 3.05) is 21.3 Å². The van der Waals surface area contributed by atoms with Gasteiger partial charge in [0.1, 0.15) is 0 Å². The van der Waals surface area contributed by atoms with E-state index in [-0.39, 0.29) is 5.76 Å². The first kappa shape index (κ1) is 18.3. The van der Waals surface area contributed by atoms with Gasteiger partial charge >= 0.3 is 5.97 Å². The van der Waals surface area contributed by atoms with Gasteiger partial charge in [0.15, 0.2) is 17.3 Å². The van der Waals surface area contributed by atoms with E-state index in [1.54, 1.807) is 24.3 Å². The van der Waals surface area contributed by atoms with Gasteiger partial charge in [-0.15, -0.1) is 0 Å². The standard InChI is InChI=1S/C18H18O7/c1-23-15-14(20)13(18(22,16(15)24-2)17(21)25-3)12(19)10-9-11-7-5-4-6-8-11/h4-10,20,22H,1-3H3/b10-9+/t18-/m0/s1. The number of hydrogen-bond donors (Lipinski definition) is 2. The fraction of sp³-hybridized carbons (Fsp3) is 0.222. The molecule has 0 spiro atoms. The van der Waals surface area contributed by atoms with Crippen LogP contribution in [0.1, 0.15) is 5.56 Å². The molecule has 1 aliphatic rings. The van der Waals surface area contributed by atoms with Crippen molar-refractivity contribution in [3.63, 3.8) is 0 Å². The Morgan fingerprint density at radius 1 is 1.08 bits per heavy atom. The maximum absolute atomic E-state index is 12.6. The third-order valence-electron chi connectivity index (χ3n) is 3.71. The highest BCUT2D eigenvalue weighted by Gasteiger charge is 2.57. The molecule has 1 atom stereocenters. The van der Waals surface area contributed by atoms with Gasteiger partial charge < -0.3 is 24.4 Å². The molecule has 0 heterocycles. The Morgan fingerprint density at radius 3 is 2.24 bits per heavy atom. The molecule has 2 N–H and O–H groups in total. The summed E-state index contributed by atoms with van der Waals surface area (Å²) in [6, 6.07) is 8.92. The maximum atomic E-state index is 12.6. The molecule has 7 heteroatoms. The summed E-state index contributed by atoms with van der Waals surface area (Å²) in [6.07, 6.45) is 2.61. The summed E-state index contributed by atoms with van der Waals surface area (Å²) in [4.78, 5) is 24.7. The summed E-state index contributed by atoms with van der Waals surface area (Å²) < 4.78 is 14.5. The van der Waals surface area contributed by atoms with Crippen molar-refractivity contribution in [3.05, 3.63) is 64.8 Å². The molecular weight excluding hydrogens is 328 g/mol. The molecule has 1 aromatic carbocycles. The molecule has 7 nitrogen and oxygen atoms in total. The average molecular weight is 346 g/mol. The van der Waals surface area contributed by atoms with Crippen molar-refractivity contribution in [3.8, 4) is 0 Å². The molecule has 0 bridgehead atoms. The lowest BCUT2D eigenvalue weighted by molar-refractivity contribution is -0.158. The van der Waals surface area contributed by atoms with Crippen LogP contribution in [0.5, 0.6) is 0 Å². The quantitative estimate of drug-likeness (QED) is 0.594. The Labute approximate surface area is 144 Å². The minimum atomic E-state index is -2.60. The molecule has 25 heavy (non-hydrogen) atoms. The first-order valence-corrected chi connectivity index (χ1v) is 7.26. The number of aliphatic hydroxyl groups is 2. The zero-order valence-corrected chi connectivity index (χ0v) is 14.0. The highest BCUT2D eigenvalue weighted by atomic mass is 16.6. The lowest BCUT2D eigenvalue weighted by Gasteiger charge is -2.23. The molecule has 1 aliphatic carbocycles. The summed E-state index contributed by atoms with van der Waals surface area (Å²) in [7, 11) is 3.41. The topological polar surface area (TPSA) is 102 Å². The molecule has 0 aliphatic heterocycles. The van der Waals surface area contributed by atoms with Crippen molar-refractivity contribution < 1.29 is 34.0 Å². The largest absolute Gasteiger partial charge is 0.504 e. The minimum absolute atomic E-state index is 0.313. The molecule has 0 saturated carbocycles. The lowest BCUT2D eigenvalue weighted by atomic mass is 9.91. The first-order chi connectivity index (χ1) is 11.9. The van der Waals surface area contributed by atoms with Gasteiger partial charge in [0.05, 0.1) is 26.9 Å². The van der Waals surface area contributed by atoms with E-state index >= 15 is 0 Å². The monoisotopic (exact) mass is 346 g/mol. The van der Waals surface area contributed by atoms with Crippen LogP contribution in [0, 0.1) is 0 Å². The summed E-state index contributed by atoms with van der Waals surface area (Å²) in [6.45, 7) is 0. The smallest absolute Gasteiger partial charge is 0.351 e. The first-order valence-electron chi connectivity index (χ1n) is 7.26.